The zero-order valence-electron chi connectivity index (χ0n) is 10.4. The molecule has 0 bridgehead atoms. The molecule has 0 aromatic rings. The van der Waals surface area contributed by atoms with Crippen LogP contribution in [-0.4, -0.2) is 47.6 Å². The molecule has 2 aliphatic rings. The van der Waals surface area contributed by atoms with E-state index in [1.807, 2.05) is 11.8 Å². The van der Waals surface area contributed by atoms with E-state index < -0.39 is 0 Å². The van der Waals surface area contributed by atoms with Crippen LogP contribution in [0.25, 0.3) is 0 Å². The number of esters is 1. The summed E-state index contributed by atoms with van der Waals surface area (Å²) < 4.78 is 5.21. The van der Waals surface area contributed by atoms with Gasteiger partial charge in [0.15, 0.2) is 0 Å². The highest BCUT2D eigenvalue weighted by molar-refractivity contribution is 8.00. The monoisotopic (exact) mass is 243 g/mol. The van der Waals surface area contributed by atoms with Gasteiger partial charge in [-0.3, -0.25) is 9.69 Å². The van der Waals surface area contributed by atoms with Gasteiger partial charge in [0.1, 0.15) is 6.04 Å². The van der Waals surface area contributed by atoms with Crippen LogP contribution in [0.3, 0.4) is 0 Å². The standard InChI is InChI=1S/C12H21NO2S/c1-12(2)8-13(6-7-16-12)10(9-4-5-9)11(14)15-3/h9-10H,4-8H2,1-3H3. The summed E-state index contributed by atoms with van der Waals surface area (Å²) in [6.07, 6.45) is 2.37. The Morgan fingerprint density at radius 3 is 2.69 bits per heavy atom. The van der Waals surface area contributed by atoms with Crippen molar-refractivity contribution in [2.24, 2.45) is 5.92 Å². The van der Waals surface area contributed by atoms with E-state index in [4.69, 9.17) is 4.74 Å². The van der Waals surface area contributed by atoms with Crippen molar-refractivity contribution < 1.29 is 9.53 Å². The molecule has 1 aliphatic heterocycles. The fourth-order valence-corrected chi connectivity index (χ4v) is 3.60. The maximum atomic E-state index is 11.8. The van der Waals surface area contributed by atoms with Crippen LogP contribution in [0.4, 0.5) is 0 Å². The molecular weight excluding hydrogens is 222 g/mol. The van der Waals surface area contributed by atoms with Crippen LogP contribution in [0, 0.1) is 5.92 Å². The van der Waals surface area contributed by atoms with Crippen molar-refractivity contribution in [3.05, 3.63) is 0 Å². The van der Waals surface area contributed by atoms with Gasteiger partial charge >= 0.3 is 5.97 Å². The van der Waals surface area contributed by atoms with Crippen molar-refractivity contribution in [3.8, 4) is 0 Å². The van der Waals surface area contributed by atoms with Crippen LogP contribution in [0.1, 0.15) is 26.7 Å². The Balaban J connectivity index is 2.04. The SMILES string of the molecule is COC(=O)C(C1CC1)N1CCSC(C)(C)C1. The second kappa shape index (κ2) is 4.57. The fraction of sp³-hybridized carbons (Fsp3) is 0.917. The van der Waals surface area contributed by atoms with E-state index in [0.717, 1.165) is 18.8 Å². The van der Waals surface area contributed by atoms with E-state index in [9.17, 15) is 4.79 Å². The van der Waals surface area contributed by atoms with Gasteiger partial charge in [0.05, 0.1) is 7.11 Å². The van der Waals surface area contributed by atoms with E-state index in [-0.39, 0.29) is 16.8 Å². The number of carbonyl (C=O) groups excluding carboxylic acids is 1. The maximum absolute atomic E-state index is 11.8. The molecule has 92 valence electrons. The van der Waals surface area contributed by atoms with E-state index in [1.54, 1.807) is 0 Å². The third-order valence-corrected chi connectivity index (χ3v) is 4.66. The molecule has 0 N–H and O–H groups in total. The first-order chi connectivity index (χ1) is 7.53. The van der Waals surface area contributed by atoms with Crippen molar-refractivity contribution in [1.82, 2.24) is 4.90 Å². The molecule has 2 rings (SSSR count). The molecule has 0 radical (unpaired) electrons. The van der Waals surface area contributed by atoms with Crippen LogP contribution >= 0.6 is 11.8 Å². The fourth-order valence-electron chi connectivity index (χ4n) is 2.46. The Morgan fingerprint density at radius 2 is 2.19 bits per heavy atom. The number of rotatable bonds is 3. The Kier molecular flexibility index (Phi) is 3.50. The number of carbonyl (C=O) groups is 1. The van der Waals surface area contributed by atoms with Crippen LogP contribution in [0.15, 0.2) is 0 Å². The lowest BCUT2D eigenvalue weighted by molar-refractivity contribution is -0.148. The molecule has 1 heterocycles. The number of ether oxygens (including phenoxy) is 1. The van der Waals surface area contributed by atoms with Crippen LogP contribution in [-0.2, 0) is 9.53 Å². The number of thioether (sulfide) groups is 1. The molecule has 1 saturated heterocycles. The molecule has 2 fully saturated rings. The maximum Gasteiger partial charge on any atom is 0.323 e. The van der Waals surface area contributed by atoms with Crippen molar-refractivity contribution in [3.63, 3.8) is 0 Å². The van der Waals surface area contributed by atoms with E-state index in [0.29, 0.717) is 5.92 Å². The number of hydrogen-bond donors (Lipinski definition) is 0. The Bertz CT molecular complexity index is 276. The summed E-state index contributed by atoms with van der Waals surface area (Å²) in [6, 6.07) is 0.0187. The average Bonchev–Trinajstić information content (AvgIpc) is 3.00. The molecule has 1 saturated carbocycles. The summed E-state index contributed by atoms with van der Waals surface area (Å²) in [7, 11) is 1.50. The first-order valence-electron chi connectivity index (χ1n) is 5.99. The molecule has 0 aromatic carbocycles. The Hall–Kier alpha value is -0.220. The van der Waals surface area contributed by atoms with Gasteiger partial charge in [0.2, 0.25) is 0 Å². The van der Waals surface area contributed by atoms with Gasteiger partial charge in [-0.15, -0.1) is 0 Å². The highest BCUT2D eigenvalue weighted by Crippen LogP contribution is 2.39. The minimum atomic E-state index is -0.0369. The van der Waals surface area contributed by atoms with E-state index in [2.05, 4.69) is 18.7 Å². The molecule has 1 atom stereocenters. The molecule has 16 heavy (non-hydrogen) atoms. The van der Waals surface area contributed by atoms with Gasteiger partial charge in [-0.1, -0.05) is 0 Å². The van der Waals surface area contributed by atoms with E-state index in [1.165, 1.54) is 20.0 Å². The van der Waals surface area contributed by atoms with Crippen LogP contribution < -0.4 is 0 Å². The lowest BCUT2D eigenvalue weighted by Gasteiger charge is -2.40. The second-order valence-corrected chi connectivity index (χ2v) is 7.19. The quantitative estimate of drug-likeness (QED) is 0.707. The second-order valence-electron chi connectivity index (χ2n) is 5.38. The third-order valence-electron chi connectivity index (χ3n) is 3.36. The average molecular weight is 243 g/mol. The van der Waals surface area contributed by atoms with Crippen molar-refractivity contribution >= 4 is 17.7 Å². The summed E-state index contributed by atoms with van der Waals surface area (Å²) in [6.45, 7) is 6.52. The van der Waals surface area contributed by atoms with Gasteiger partial charge in [-0.2, -0.15) is 11.8 Å². The minimum absolute atomic E-state index is 0.0187. The summed E-state index contributed by atoms with van der Waals surface area (Å²) in [5.41, 5.74) is 0. The Labute approximate surface area is 102 Å². The molecule has 1 aliphatic carbocycles. The molecule has 1 unspecified atom stereocenters. The summed E-state index contributed by atoms with van der Waals surface area (Å²) >= 11 is 2.00. The summed E-state index contributed by atoms with van der Waals surface area (Å²) in [5, 5.41) is 0. The first-order valence-corrected chi connectivity index (χ1v) is 6.98. The smallest absolute Gasteiger partial charge is 0.323 e. The highest BCUT2D eigenvalue weighted by atomic mass is 32.2. The predicted molar refractivity (Wildman–Crippen MR) is 66.6 cm³/mol. The minimum Gasteiger partial charge on any atom is -0.468 e. The number of methoxy groups -OCH3 is 1. The number of nitrogens with zero attached hydrogens (tertiary/aromatic N) is 1. The van der Waals surface area contributed by atoms with E-state index >= 15 is 0 Å². The molecule has 3 nitrogen and oxygen atoms in total. The molecular formula is C12H21NO2S. The van der Waals surface area contributed by atoms with Gasteiger partial charge < -0.3 is 4.74 Å². The van der Waals surface area contributed by atoms with Gasteiger partial charge in [-0.05, 0) is 32.6 Å². The van der Waals surface area contributed by atoms with Gasteiger partial charge in [-0.25, -0.2) is 0 Å². The first kappa shape index (κ1) is 12.2. The molecule has 0 aromatic heterocycles. The van der Waals surface area contributed by atoms with Gasteiger partial charge in [0, 0.05) is 23.6 Å². The lowest BCUT2D eigenvalue weighted by atomic mass is 10.1. The predicted octanol–water partition coefficient (Wildman–Crippen LogP) is 1.77. The molecule has 0 amide bonds. The highest BCUT2D eigenvalue weighted by Gasteiger charge is 2.43. The van der Waals surface area contributed by atoms with Gasteiger partial charge in [0.25, 0.3) is 0 Å². The van der Waals surface area contributed by atoms with Crippen molar-refractivity contribution in [2.75, 3.05) is 26.0 Å². The zero-order valence-corrected chi connectivity index (χ0v) is 11.2. The van der Waals surface area contributed by atoms with Crippen molar-refractivity contribution in [1.29, 1.82) is 0 Å². The molecule has 0 spiro atoms. The van der Waals surface area contributed by atoms with Crippen molar-refractivity contribution in [2.45, 2.75) is 37.5 Å². The normalized spacial score (nSPS) is 27.4. The Morgan fingerprint density at radius 1 is 1.50 bits per heavy atom. The van der Waals surface area contributed by atoms with Crippen LogP contribution in [0.2, 0.25) is 0 Å². The largest absolute Gasteiger partial charge is 0.468 e. The summed E-state index contributed by atoms with van der Waals surface area (Å²) in [4.78, 5) is 14.2. The van der Waals surface area contributed by atoms with Crippen LogP contribution in [0.5, 0.6) is 0 Å². The zero-order chi connectivity index (χ0) is 11.8. The lowest BCUT2D eigenvalue weighted by Crippen LogP contribution is -2.52. The number of hydrogen-bond acceptors (Lipinski definition) is 4. The summed E-state index contributed by atoms with van der Waals surface area (Å²) in [5.74, 6) is 1.63. The third kappa shape index (κ3) is 2.72. The topological polar surface area (TPSA) is 29.5 Å². The molecule has 4 heteroatoms.